The molecule has 138 valence electrons. The van der Waals surface area contributed by atoms with Crippen LogP contribution < -0.4 is 15.8 Å². The summed E-state index contributed by atoms with van der Waals surface area (Å²) < 4.78 is 10.4. The maximum atomic E-state index is 12.0. The molecule has 3 aromatic rings. The lowest BCUT2D eigenvalue weighted by Gasteiger charge is -2.11. The molecule has 0 amide bonds. The van der Waals surface area contributed by atoms with Crippen LogP contribution in [0, 0.1) is 0 Å². The molecule has 2 aromatic heterocycles. The van der Waals surface area contributed by atoms with Crippen molar-refractivity contribution in [2.24, 2.45) is 0 Å². The van der Waals surface area contributed by atoms with Crippen LogP contribution in [0.5, 0.6) is 11.5 Å². The molecule has 10 heteroatoms. The highest BCUT2D eigenvalue weighted by Crippen LogP contribution is 2.25. The van der Waals surface area contributed by atoms with E-state index in [1.807, 2.05) is 12.1 Å². The van der Waals surface area contributed by atoms with Crippen molar-refractivity contribution in [2.75, 3.05) is 18.2 Å². The average Bonchev–Trinajstić information content (AvgIpc) is 2.66. The Kier molecular flexibility index (Phi) is 5.26. The predicted octanol–water partition coefficient (Wildman–Crippen LogP) is 1.66. The maximum absolute atomic E-state index is 12.0. The summed E-state index contributed by atoms with van der Waals surface area (Å²) in [7, 11) is 1.54. The number of nitrogens with one attached hydrogen (secondary N) is 1. The third-order valence-electron chi connectivity index (χ3n) is 3.40. The van der Waals surface area contributed by atoms with E-state index in [0.29, 0.717) is 11.4 Å². The molecule has 0 saturated carbocycles. The number of rotatable bonds is 6. The average molecular weight is 368 g/mol. The van der Waals surface area contributed by atoms with E-state index in [0.717, 1.165) is 6.20 Å². The van der Waals surface area contributed by atoms with Gasteiger partial charge in [-0.1, -0.05) is 12.1 Å². The number of aromatic nitrogens is 4. The van der Waals surface area contributed by atoms with E-state index in [9.17, 15) is 9.90 Å². The predicted molar refractivity (Wildman–Crippen MR) is 95.5 cm³/mol. The summed E-state index contributed by atoms with van der Waals surface area (Å²) in [5.74, 6) is -0.159. The van der Waals surface area contributed by atoms with Crippen LogP contribution in [-0.2, 0) is 11.3 Å². The summed E-state index contributed by atoms with van der Waals surface area (Å²) in [5, 5.41) is 12.6. The molecule has 0 aliphatic heterocycles. The minimum Gasteiger partial charge on any atom is -0.505 e. The number of nitrogen functional groups attached to an aromatic ring is 1. The normalized spacial score (nSPS) is 10.3. The van der Waals surface area contributed by atoms with Gasteiger partial charge in [0.2, 0.25) is 11.9 Å². The van der Waals surface area contributed by atoms with Gasteiger partial charge in [-0.3, -0.25) is 4.98 Å². The van der Waals surface area contributed by atoms with Crippen molar-refractivity contribution in [1.29, 1.82) is 0 Å². The SMILES string of the molecule is COc1ccccc1Nc1nc(N)nc(COC(=O)c2ccncc2O)n1. The molecule has 0 radical (unpaired) electrons. The maximum Gasteiger partial charge on any atom is 0.342 e. The number of aromatic hydroxyl groups is 1. The zero-order chi connectivity index (χ0) is 19.2. The second-order valence-electron chi connectivity index (χ2n) is 5.23. The molecular formula is C17H16N6O4. The minimum absolute atomic E-state index is 0.0144. The van der Waals surface area contributed by atoms with Crippen molar-refractivity contribution in [2.45, 2.75) is 6.61 Å². The first kappa shape index (κ1) is 17.9. The Labute approximate surface area is 154 Å². The van der Waals surface area contributed by atoms with Gasteiger partial charge in [-0.25, -0.2) is 4.79 Å². The summed E-state index contributed by atoms with van der Waals surface area (Å²) >= 11 is 0. The highest BCUT2D eigenvalue weighted by molar-refractivity contribution is 5.92. The molecule has 0 spiro atoms. The van der Waals surface area contributed by atoms with E-state index < -0.39 is 5.97 Å². The number of carbonyl (C=O) groups excluding carboxylic acids is 1. The third kappa shape index (κ3) is 4.37. The van der Waals surface area contributed by atoms with Crippen LogP contribution >= 0.6 is 0 Å². The van der Waals surface area contributed by atoms with Gasteiger partial charge in [0.05, 0.1) is 19.0 Å². The lowest BCUT2D eigenvalue weighted by molar-refractivity contribution is 0.0458. The monoisotopic (exact) mass is 368 g/mol. The Morgan fingerprint density at radius 1 is 1.22 bits per heavy atom. The number of nitrogens with zero attached hydrogens (tertiary/aromatic N) is 4. The largest absolute Gasteiger partial charge is 0.505 e. The van der Waals surface area contributed by atoms with Gasteiger partial charge in [0.1, 0.15) is 17.1 Å². The first-order chi connectivity index (χ1) is 13.1. The van der Waals surface area contributed by atoms with E-state index in [4.69, 9.17) is 15.2 Å². The van der Waals surface area contributed by atoms with Crippen LogP contribution in [-0.4, -0.2) is 38.1 Å². The first-order valence-electron chi connectivity index (χ1n) is 7.77. The summed E-state index contributed by atoms with van der Waals surface area (Å²) in [6, 6.07) is 8.54. The number of pyridine rings is 1. The van der Waals surface area contributed by atoms with Gasteiger partial charge in [-0.05, 0) is 18.2 Å². The van der Waals surface area contributed by atoms with Crippen LogP contribution in [0.2, 0.25) is 0 Å². The Morgan fingerprint density at radius 2 is 2.04 bits per heavy atom. The van der Waals surface area contributed by atoms with E-state index in [2.05, 4.69) is 25.3 Å². The number of nitrogens with two attached hydrogens (primary N) is 1. The smallest absolute Gasteiger partial charge is 0.342 e. The Morgan fingerprint density at radius 3 is 2.81 bits per heavy atom. The fourth-order valence-corrected chi connectivity index (χ4v) is 2.19. The van der Waals surface area contributed by atoms with Gasteiger partial charge >= 0.3 is 5.97 Å². The number of benzene rings is 1. The number of hydrogen-bond donors (Lipinski definition) is 3. The molecule has 0 bridgehead atoms. The number of para-hydroxylation sites is 2. The molecule has 0 atom stereocenters. The van der Waals surface area contributed by atoms with Gasteiger partial charge in [0.15, 0.2) is 12.4 Å². The van der Waals surface area contributed by atoms with Crippen molar-refractivity contribution in [3.8, 4) is 11.5 Å². The van der Waals surface area contributed by atoms with Gasteiger partial charge in [0, 0.05) is 6.20 Å². The lowest BCUT2D eigenvalue weighted by Crippen LogP contribution is -2.11. The van der Waals surface area contributed by atoms with E-state index >= 15 is 0 Å². The van der Waals surface area contributed by atoms with Crippen LogP contribution in [0.15, 0.2) is 42.7 Å². The molecule has 10 nitrogen and oxygen atoms in total. The molecule has 0 fully saturated rings. The lowest BCUT2D eigenvalue weighted by atomic mass is 10.2. The van der Waals surface area contributed by atoms with Crippen molar-refractivity contribution in [1.82, 2.24) is 19.9 Å². The van der Waals surface area contributed by atoms with E-state index in [1.165, 1.54) is 12.3 Å². The highest BCUT2D eigenvalue weighted by Gasteiger charge is 2.14. The van der Waals surface area contributed by atoms with Crippen molar-refractivity contribution >= 4 is 23.6 Å². The Hall–Kier alpha value is -3.95. The molecule has 0 aliphatic carbocycles. The summed E-state index contributed by atoms with van der Waals surface area (Å²) in [5.41, 5.74) is 6.32. The number of carbonyl (C=O) groups is 1. The zero-order valence-corrected chi connectivity index (χ0v) is 14.3. The molecule has 27 heavy (non-hydrogen) atoms. The van der Waals surface area contributed by atoms with Gasteiger partial charge in [-0.15, -0.1) is 0 Å². The Bertz CT molecular complexity index is 966. The van der Waals surface area contributed by atoms with Crippen LogP contribution in [0.3, 0.4) is 0 Å². The molecular weight excluding hydrogens is 352 g/mol. The molecule has 4 N–H and O–H groups in total. The highest BCUT2D eigenvalue weighted by atomic mass is 16.5. The third-order valence-corrected chi connectivity index (χ3v) is 3.40. The molecule has 1 aromatic carbocycles. The van der Waals surface area contributed by atoms with E-state index in [-0.39, 0.29) is 35.6 Å². The molecule has 2 heterocycles. The number of methoxy groups -OCH3 is 1. The first-order valence-corrected chi connectivity index (χ1v) is 7.77. The van der Waals surface area contributed by atoms with Crippen molar-refractivity contribution in [3.05, 3.63) is 54.1 Å². The number of hydrogen-bond acceptors (Lipinski definition) is 10. The van der Waals surface area contributed by atoms with Gasteiger partial charge in [0.25, 0.3) is 0 Å². The molecule has 0 unspecified atom stereocenters. The molecule has 3 rings (SSSR count). The molecule has 0 aliphatic rings. The topological polar surface area (TPSA) is 145 Å². The van der Waals surface area contributed by atoms with Crippen molar-refractivity contribution in [3.63, 3.8) is 0 Å². The number of esters is 1. The van der Waals surface area contributed by atoms with Crippen molar-refractivity contribution < 1.29 is 19.4 Å². The minimum atomic E-state index is -0.742. The number of ether oxygens (including phenoxy) is 2. The molecule has 0 saturated heterocycles. The van der Waals surface area contributed by atoms with E-state index in [1.54, 1.807) is 19.2 Å². The van der Waals surface area contributed by atoms with Gasteiger partial charge < -0.3 is 25.6 Å². The fourth-order valence-electron chi connectivity index (χ4n) is 2.19. The van der Waals surface area contributed by atoms with Gasteiger partial charge in [-0.2, -0.15) is 15.0 Å². The fraction of sp³-hybridized carbons (Fsp3) is 0.118. The van der Waals surface area contributed by atoms with Crippen LogP contribution in [0.25, 0.3) is 0 Å². The zero-order valence-electron chi connectivity index (χ0n) is 14.3. The Balaban J connectivity index is 1.74. The summed E-state index contributed by atoms with van der Waals surface area (Å²) in [4.78, 5) is 27.8. The summed E-state index contributed by atoms with van der Waals surface area (Å²) in [6.45, 7) is -0.256. The summed E-state index contributed by atoms with van der Waals surface area (Å²) in [6.07, 6.45) is 2.51. The standard InChI is InChI=1S/C17H16N6O4/c1-26-13-5-3-2-4-11(13)20-17-22-14(21-16(18)23-17)9-27-15(25)10-6-7-19-8-12(10)24/h2-8,24H,9H2,1H3,(H3,18,20,21,22,23). The van der Waals surface area contributed by atoms with Crippen LogP contribution in [0.4, 0.5) is 17.6 Å². The number of anilines is 3. The quantitative estimate of drug-likeness (QED) is 0.549. The second kappa shape index (κ2) is 7.95. The second-order valence-corrected chi connectivity index (χ2v) is 5.23. The van der Waals surface area contributed by atoms with Crippen LogP contribution in [0.1, 0.15) is 16.2 Å².